The maximum absolute atomic E-state index is 12.6. The van der Waals surface area contributed by atoms with E-state index in [-0.39, 0.29) is 23.7 Å². The lowest BCUT2D eigenvalue weighted by atomic mass is 10.3. The van der Waals surface area contributed by atoms with E-state index >= 15 is 0 Å². The molecule has 1 atom stereocenters. The van der Waals surface area contributed by atoms with Crippen LogP contribution in [0.3, 0.4) is 0 Å². The number of nitrogens with zero attached hydrogens (tertiary/aromatic N) is 1. The molecular weight excluding hydrogens is 320 g/mol. The van der Waals surface area contributed by atoms with Crippen LogP contribution in [0.5, 0.6) is 0 Å². The van der Waals surface area contributed by atoms with Crippen LogP contribution in [0.25, 0.3) is 0 Å². The average Bonchev–Trinajstić information content (AvgIpc) is 3.27. The average molecular weight is 342 g/mol. The van der Waals surface area contributed by atoms with Crippen molar-refractivity contribution in [1.29, 1.82) is 0 Å². The minimum atomic E-state index is -3.21. The van der Waals surface area contributed by atoms with Gasteiger partial charge in [0.2, 0.25) is 15.9 Å². The summed E-state index contributed by atoms with van der Waals surface area (Å²) in [5, 5.41) is -0.179. The van der Waals surface area contributed by atoms with E-state index in [9.17, 15) is 13.2 Å². The van der Waals surface area contributed by atoms with Gasteiger partial charge in [-0.15, -0.1) is 11.8 Å². The van der Waals surface area contributed by atoms with Crippen LogP contribution < -0.4 is 4.72 Å². The fourth-order valence-corrected chi connectivity index (χ4v) is 3.62. The van der Waals surface area contributed by atoms with Crippen LogP contribution in [-0.4, -0.2) is 49.9 Å². The van der Waals surface area contributed by atoms with Crippen molar-refractivity contribution < 1.29 is 13.2 Å². The molecular formula is C15H22N2O3S2. The lowest BCUT2D eigenvalue weighted by molar-refractivity contribution is -0.130. The van der Waals surface area contributed by atoms with Gasteiger partial charge < -0.3 is 4.90 Å². The number of carbonyl (C=O) groups is 1. The van der Waals surface area contributed by atoms with Crippen LogP contribution >= 0.6 is 11.8 Å². The van der Waals surface area contributed by atoms with E-state index in [2.05, 4.69) is 4.72 Å². The first-order valence-corrected chi connectivity index (χ1v) is 10.1. The summed E-state index contributed by atoms with van der Waals surface area (Å²) in [7, 11) is -3.21. The molecule has 1 aliphatic carbocycles. The Kier molecular flexibility index (Phi) is 5.88. The Balaban J connectivity index is 1.91. The standard InChI is InChI=1S/C15H22N2O3S2/c1-12(21-14-6-4-3-5-7-14)15(18)17(13-8-9-13)11-10-16-22(2,19)20/h3-7,12-13,16H,8-11H2,1-2H3. The summed E-state index contributed by atoms with van der Waals surface area (Å²) in [6, 6.07) is 10.1. The molecule has 0 spiro atoms. The second kappa shape index (κ2) is 7.48. The fourth-order valence-electron chi connectivity index (χ4n) is 2.20. The third-order valence-electron chi connectivity index (χ3n) is 3.39. The largest absolute Gasteiger partial charge is 0.337 e. The molecule has 1 aromatic carbocycles. The van der Waals surface area contributed by atoms with Gasteiger partial charge in [0, 0.05) is 24.0 Å². The van der Waals surface area contributed by atoms with Crippen molar-refractivity contribution in [2.24, 2.45) is 0 Å². The second-order valence-electron chi connectivity index (χ2n) is 5.50. The van der Waals surface area contributed by atoms with Crippen LogP contribution in [0.15, 0.2) is 35.2 Å². The Morgan fingerprint density at radius 3 is 2.55 bits per heavy atom. The number of rotatable bonds is 8. The summed E-state index contributed by atoms with van der Waals surface area (Å²) in [5.41, 5.74) is 0. The Bertz CT molecular complexity index is 600. The van der Waals surface area contributed by atoms with Crippen LogP contribution in [0.2, 0.25) is 0 Å². The lowest BCUT2D eigenvalue weighted by Crippen LogP contribution is -2.43. The van der Waals surface area contributed by atoms with Gasteiger partial charge in [-0.3, -0.25) is 4.79 Å². The van der Waals surface area contributed by atoms with Crippen LogP contribution in [0, 0.1) is 0 Å². The third-order valence-corrected chi connectivity index (χ3v) is 5.22. The van der Waals surface area contributed by atoms with Gasteiger partial charge >= 0.3 is 0 Å². The second-order valence-corrected chi connectivity index (χ2v) is 8.75. The summed E-state index contributed by atoms with van der Waals surface area (Å²) in [5.74, 6) is 0.0756. The summed E-state index contributed by atoms with van der Waals surface area (Å²) in [4.78, 5) is 15.5. The van der Waals surface area contributed by atoms with E-state index < -0.39 is 10.0 Å². The van der Waals surface area contributed by atoms with E-state index in [1.165, 1.54) is 11.8 Å². The number of amides is 1. The maximum Gasteiger partial charge on any atom is 0.236 e. The van der Waals surface area contributed by atoms with Crippen molar-refractivity contribution in [3.8, 4) is 0 Å². The van der Waals surface area contributed by atoms with E-state index in [0.717, 1.165) is 24.0 Å². The van der Waals surface area contributed by atoms with Crippen molar-refractivity contribution in [3.63, 3.8) is 0 Å². The highest BCUT2D eigenvalue weighted by atomic mass is 32.2. The topological polar surface area (TPSA) is 66.5 Å². The first kappa shape index (κ1) is 17.3. The molecule has 2 rings (SSSR count). The molecule has 0 aliphatic heterocycles. The molecule has 7 heteroatoms. The van der Waals surface area contributed by atoms with Gasteiger partial charge in [0.15, 0.2) is 0 Å². The monoisotopic (exact) mass is 342 g/mol. The van der Waals surface area contributed by atoms with Crippen molar-refractivity contribution in [1.82, 2.24) is 9.62 Å². The first-order valence-electron chi connectivity index (χ1n) is 7.33. The number of benzene rings is 1. The minimum absolute atomic E-state index is 0.0756. The molecule has 0 aromatic heterocycles. The SMILES string of the molecule is CC(Sc1ccccc1)C(=O)N(CCNS(C)(=O)=O)C1CC1. The van der Waals surface area contributed by atoms with E-state index in [1.54, 1.807) is 0 Å². The molecule has 1 aliphatic rings. The lowest BCUT2D eigenvalue weighted by Gasteiger charge is -2.25. The fraction of sp³-hybridized carbons (Fsp3) is 0.533. The predicted octanol–water partition coefficient (Wildman–Crippen LogP) is 1.71. The summed E-state index contributed by atoms with van der Waals surface area (Å²) in [6.45, 7) is 2.60. The molecule has 122 valence electrons. The molecule has 0 bridgehead atoms. The normalized spacial score (nSPS) is 16.3. The van der Waals surface area contributed by atoms with Gasteiger partial charge in [-0.25, -0.2) is 13.1 Å². The molecule has 5 nitrogen and oxygen atoms in total. The molecule has 0 heterocycles. The Labute approximate surface area is 136 Å². The number of thioether (sulfide) groups is 1. The minimum Gasteiger partial charge on any atom is -0.337 e. The number of carbonyl (C=O) groups excluding carboxylic acids is 1. The Morgan fingerprint density at radius 1 is 1.36 bits per heavy atom. The van der Waals surface area contributed by atoms with Gasteiger partial charge in [-0.1, -0.05) is 18.2 Å². The highest BCUT2D eigenvalue weighted by molar-refractivity contribution is 8.00. The number of nitrogens with one attached hydrogen (secondary N) is 1. The highest BCUT2D eigenvalue weighted by Gasteiger charge is 2.34. The number of hydrogen-bond acceptors (Lipinski definition) is 4. The van der Waals surface area contributed by atoms with Gasteiger partial charge in [-0.05, 0) is 31.9 Å². The van der Waals surface area contributed by atoms with Crippen molar-refractivity contribution >= 4 is 27.7 Å². The van der Waals surface area contributed by atoms with Crippen LogP contribution in [0.1, 0.15) is 19.8 Å². The van der Waals surface area contributed by atoms with Gasteiger partial charge in [-0.2, -0.15) is 0 Å². The van der Waals surface area contributed by atoms with E-state index in [4.69, 9.17) is 0 Å². The molecule has 1 N–H and O–H groups in total. The quantitative estimate of drug-likeness (QED) is 0.731. The van der Waals surface area contributed by atoms with Crippen molar-refractivity contribution in [3.05, 3.63) is 30.3 Å². The predicted molar refractivity (Wildman–Crippen MR) is 89.3 cm³/mol. The highest BCUT2D eigenvalue weighted by Crippen LogP contribution is 2.30. The van der Waals surface area contributed by atoms with Gasteiger partial charge in [0.25, 0.3) is 0 Å². The maximum atomic E-state index is 12.6. The van der Waals surface area contributed by atoms with Crippen molar-refractivity contribution in [2.45, 2.75) is 36.0 Å². The van der Waals surface area contributed by atoms with E-state index in [0.29, 0.717) is 6.54 Å². The van der Waals surface area contributed by atoms with Gasteiger partial charge in [0.1, 0.15) is 0 Å². The Morgan fingerprint density at radius 2 is 2.00 bits per heavy atom. The van der Waals surface area contributed by atoms with Crippen LogP contribution in [0.4, 0.5) is 0 Å². The molecule has 1 unspecified atom stereocenters. The molecule has 1 amide bonds. The van der Waals surface area contributed by atoms with Gasteiger partial charge in [0.05, 0.1) is 11.5 Å². The molecule has 0 saturated heterocycles. The zero-order valence-electron chi connectivity index (χ0n) is 12.9. The third kappa shape index (κ3) is 5.62. The Hall–Kier alpha value is -1.05. The number of hydrogen-bond donors (Lipinski definition) is 1. The summed E-state index contributed by atoms with van der Waals surface area (Å²) < 4.78 is 24.7. The van der Waals surface area contributed by atoms with Crippen molar-refractivity contribution in [2.75, 3.05) is 19.3 Å². The molecule has 22 heavy (non-hydrogen) atoms. The molecule has 0 radical (unpaired) electrons. The van der Waals surface area contributed by atoms with Crippen LogP contribution in [-0.2, 0) is 14.8 Å². The van der Waals surface area contributed by atoms with E-state index in [1.807, 2.05) is 42.2 Å². The smallest absolute Gasteiger partial charge is 0.236 e. The summed E-state index contributed by atoms with van der Waals surface area (Å²) >= 11 is 1.53. The molecule has 1 fully saturated rings. The molecule has 1 saturated carbocycles. The summed E-state index contributed by atoms with van der Waals surface area (Å²) in [6.07, 6.45) is 3.14. The number of sulfonamides is 1. The molecule has 1 aromatic rings. The zero-order valence-corrected chi connectivity index (χ0v) is 14.5. The zero-order chi connectivity index (χ0) is 16.2. The first-order chi connectivity index (χ1) is 10.4.